The van der Waals surface area contributed by atoms with Crippen LogP contribution in [0.2, 0.25) is 0 Å². The monoisotopic (exact) mass is 520 g/mol. The maximum absolute atomic E-state index is 13.7. The van der Waals surface area contributed by atoms with E-state index in [1.807, 2.05) is 31.2 Å². The SMILES string of the molecule is CCC1(CC)C[C@@H](NC(=O)[C@@H]2CN(S(=O)(=O)c3ccc(C)cc3)c3ccccc3O2)c2ccccc2O1. The minimum absolute atomic E-state index is 0.128. The number of hydrogen-bond acceptors (Lipinski definition) is 5. The quantitative estimate of drug-likeness (QED) is 0.486. The van der Waals surface area contributed by atoms with Crippen molar-refractivity contribution in [2.45, 2.75) is 62.7 Å². The number of amides is 1. The summed E-state index contributed by atoms with van der Waals surface area (Å²) < 4.78 is 41.0. The number of sulfonamides is 1. The molecule has 2 aliphatic rings. The van der Waals surface area contributed by atoms with Gasteiger partial charge in [-0.05, 0) is 50.1 Å². The number of para-hydroxylation sites is 3. The molecule has 3 aromatic carbocycles. The average Bonchev–Trinajstić information content (AvgIpc) is 2.92. The molecular weight excluding hydrogens is 488 g/mol. The summed E-state index contributed by atoms with van der Waals surface area (Å²) in [5.41, 5.74) is 1.91. The van der Waals surface area contributed by atoms with Gasteiger partial charge >= 0.3 is 0 Å². The van der Waals surface area contributed by atoms with Gasteiger partial charge in [0.2, 0.25) is 0 Å². The van der Waals surface area contributed by atoms with Crippen molar-refractivity contribution in [3.05, 3.63) is 83.9 Å². The molecule has 2 atom stereocenters. The highest BCUT2D eigenvalue weighted by Crippen LogP contribution is 2.43. The van der Waals surface area contributed by atoms with E-state index in [1.54, 1.807) is 48.5 Å². The molecule has 0 bridgehead atoms. The summed E-state index contributed by atoms with van der Waals surface area (Å²) >= 11 is 0. The molecule has 5 rings (SSSR count). The lowest BCUT2D eigenvalue weighted by Gasteiger charge is -2.42. The van der Waals surface area contributed by atoms with Crippen molar-refractivity contribution >= 4 is 21.6 Å². The lowest BCUT2D eigenvalue weighted by atomic mass is 9.83. The first kappa shape index (κ1) is 25.1. The van der Waals surface area contributed by atoms with E-state index in [0.29, 0.717) is 17.9 Å². The minimum Gasteiger partial charge on any atom is -0.487 e. The number of nitrogens with zero attached hydrogens (tertiary/aromatic N) is 1. The predicted octanol–water partition coefficient (Wildman–Crippen LogP) is 5.15. The zero-order valence-corrected chi connectivity index (χ0v) is 22.1. The number of carbonyl (C=O) groups is 1. The number of rotatable bonds is 6. The van der Waals surface area contributed by atoms with Crippen molar-refractivity contribution in [2.24, 2.45) is 0 Å². The zero-order chi connectivity index (χ0) is 26.2. The second-order valence-electron chi connectivity index (χ2n) is 9.72. The van der Waals surface area contributed by atoms with E-state index in [9.17, 15) is 13.2 Å². The van der Waals surface area contributed by atoms with Crippen LogP contribution in [0.5, 0.6) is 11.5 Å². The number of nitrogens with one attached hydrogen (secondary N) is 1. The van der Waals surface area contributed by atoms with E-state index < -0.39 is 16.1 Å². The summed E-state index contributed by atoms with van der Waals surface area (Å²) in [5.74, 6) is 0.760. The number of hydrogen-bond donors (Lipinski definition) is 1. The Morgan fingerprint density at radius 2 is 1.62 bits per heavy atom. The zero-order valence-electron chi connectivity index (χ0n) is 21.3. The standard InChI is InChI=1S/C29H32N2O5S/c1-4-29(5-2)18-23(22-10-6-8-12-25(22)36-29)30-28(32)27-19-31(24-11-7-9-13-26(24)35-27)37(33,34)21-16-14-20(3)15-17-21/h6-17,23,27H,4-5,18-19H2,1-3H3,(H,30,32)/t23-,27+/m1/s1. The van der Waals surface area contributed by atoms with Gasteiger partial charge in [0.05, 0.1) is 23.2 Å². The van der Waals surface area contributed by atoms with Crippen molar-refractivity contribution in [3.63, 3.8) is 0 Å². The van der Waals surface area contributed by atoms with Crippen molar-refractivity contribution in [3.8, 4) is 11.5 Å². The maximum Gasteiger partial charge on any atom is 0.264 e. The van der Waals surface area contributed by atoms with Crippen LogP contribution in [0.15, 0.2) is 77.7 Å². The molecule has 37 heavy (non-hydrogen) atoms. The predicted molar refractivity (Wildman–Crippen MR) is 142 cm³/mol. The number of fused-ring (bicyclic) bond motifs is 2. The van der Waals surface area contributed by atoms with Crippen LogP contribution in [0.4, 0.5) is 5.69 Å². The molecule has 194 valence electrons. The largest absolute Gasteiger partial charge is 0.487 e. The molecule has 1 N–H and O–H groups in total. The Kier molecular flexibility index (Phi) is 6.62. The summed E-state index contributed by atoms with van der Waals surface area (Å²) in [7, 11) is -3.91. The average molecular weight is 521 g/mol. The Balaban J connectivity index is 1.45. The second kappa shape index (κ2) is 9.74. The molecule has 0 spiro atoms. The normalized spacial score (nSPS) is 20.1. The number of benzene rings is 3. The van der Waals surface area contributed by atoms with Gasteiger partial charge in [0.15, 0.2) is 6.10 Å². The van der Waals surface area contributed by atoms with Crippen LogP contribution in [0, 0.1) is 6.92 Å². The molecule has 0 unspecified atom stereocenters. The first-order valence-corrected chi connectivity index (χ1v) is 14.1. The third-order valence-corrected chi connectivity index (χ3v) is 9.23. The number of anilines is 1. The van der Waals surface area contributed by atoms with E-state index >= 15 is 0 Å². The van der Waals surface area contributed by atoms with Crippen molar-refractivity contribution in [1.29, 1.82) is 0 Å². The molecule has 3 aromatic rings. The fourth-order valence-electron chi connectivity index (χ4n) is 5.10. The highest BCUT2D eigenvalue weighted by molar-refractivity contribution is 7.92. The van der Waals surface area contributed by atoms with Crippen molar-refractivity contribution < 1.29 is 22.7 Å². The topological polar surface area (TPSA) is 84.9 Å². The molecule has 0 saturated heterocycles. The second-order valence-corrected chi connectivity index (χ2v) is 11.6. The van der Waals surface area contributed by atoms with Gasteiger partial charge in [-0.2, -0.15) is 0 Å². The van der Waals surface area contributed by atoms with Crippen molar-refractivity contribution in [2.75, 3.05) is 10.8 Å². The van der Waals surface area contributed by atoms with E-state index in [4.69, 9.17) is 9.47 Å². The van der Waals surface area contributed by atoms with Gasteiger partial charge in [0.25, 0.3) is 15.9 Å². The molecule has 8 heteroatoms. The van der Waals surface area contributed by atoms with Crippen LogP contribution < -0.4 is 19.1 Å². The van der Waals surface area contributed by atoms with E-state index in [0.717, 1.165) is 29.7 Å². The third kappa shape index (κ3) is 4.66. The van der Waals surface area contributed by atoms with Gasteiger partial charge in [-0.1, -0.05) is 61.9 Å². The highest BCUT2D eigenvalue weighted by Gasteiger charge is 2.42. The summed E-state index contributed by atoms with van der Waals surface area (Å²) in [4.78, 5) is 13.8. The number of aryl methyl sites for hydroxylation is 1. The Bertz CT molecular complexity index is 1400. The van der Waals surface area contributed by atoms with Crippen LogP contribution in [0.25, 0.3) is 0 Å². The highest BCUT2D eigenvalue weighted by atomic mass is 32.2. The molecule has 0 radical (unpaired) electrons. The lowest BCUT2D eigenvalue weighted by molar-refractivity contribution is -0.129. The van der Waals surface area contributed by atoms with E-state index in [2.05, 4.69) is 19.2 Å². The Hall–Kier alpha value is -3.52. The molecule has 1 amide bonds. The molecule has 0 aliphatic carbocycles. The fraction of sp³-hybridized carbons (Fsp3) is 0.345. The minimum atomic E-state index is -3.91. The van der Waals surface area contributed by atoms with Gasteiger partial charge in [-0.3, -0.25) is 9.10 Å². The van der Waals surface area contributed by atoms with Crippen LogP contribution in [0.3, 0.4) is 0 Å². The van der Waals surface area contributed by atoms with Crippen LogP contribution in [-0.2, 0) is 14.8 Å². The molecule has 7 nitrogen and oxygen atoms in total. The summed E-state index contributed by atoms with van der Waals surface area (Å²) in [6.07, 6.45) is 1.22. The summed E-state index contributed by atoms with van der Waals surface area (Å²) in [6.45, 7) is 5.95. The third-order valence-electron chi connectivity index (χ3n) is 7.44. The van der Waals surface area contributed by atoms with Gasteiger partial charge < -0.3 is 14.8 Å². The van der Waals surface area contributed by atoms with E-state index in [-0.39, 0.29) is 29.0 Å². The first-order chi connectivity index (χ1) is 17.8. The molecule has 0 fully saturated rings. The summed E-state index contributed by atoms with van der Waals surface area (Å²) in [5, 5.41) is 3.15. The molecule has 2 aliphatic heterocycles. The molecule has 0 aromatic heterocycles. The summed E-state index contributed by atoms with van der Waals surface area (Å²) in [6, 6.07) is 21.1. The van der Waals surface area contributed by atoms with E-state index in [1.165, 1.54) is 4.31 Å². The molecular formula is C29H32N2O5S. The first-order valence-electron chi connectivity index (χ1n) is 12.7. The molecule has 2 heterocycles. The number of carbonyl (C=O) groups excluding carboxylic acids is 1. The van der Waals surface area contributed by atoms with Gasteiger partial charge in [-0.25, -0.2) is 8.42 Å². The fourth-order valence-corrected chi connectivity index (χ4v) is 6.57. The number of ether oxygens (including phenoxy) is 2. The van der Waals surface area contributed by atoms with Crippen LogP contribution in [-0.4, -0.2) is 32.6 Å². The smallest absolute Gasteiger partial charge is 0.264 e. The molecule has 0 saturated carbocycles. The van der Waals surface area contributed by atoms with Gasteiger partial charge in [0.1, 0.15) is 17.1 Å². The van der Waals surface area contributed by atoms with Gasteiger partial charge in [0, 0.05) is 12.0 Å². The lowest BCUT2D eigenvalue weighted by Crippen LogP contribution is -2.52. The maximum atomic E-state index is 13.7. The Labute approximate surface area is 218 Å². The van der Waals surface area contributed by atoms with Gasteiger partial charge in [-0.15, -0.1) is 0 Å². The van der Waals surface area contributed by atoms with Crippen LogP contribution >= 0.6 is 0 Å². The van der Waals surface area contributed by atoms with Crippen LogP contribution in [0.1, 0.15) is 50.3 Å². The van der Waals surface area contributed by atoms with Crippen molar-refractivity contribution in [1.82, 2.24) is 5.32 Å². The Morgan fingerprint density at radius 1 is 0.973 bits per heavy atom. The Morgan fingerprint density at radius 3 is 2.32 bits per heavy atom.